The van der Waals surface area contributed by atoms with Crippen molar-refractivity contribution >= 4 is 15.9 Å². The van der Waals surface area contributed by atoms with Crippen molar-refractivity contribution in [3.63, 3.8) is 0 Å². The maximum atomic E-state index is 12.7. The van der Waals surface area contributed by atoms with Gasteiger partial charge in [0.05, 0.1) is 4.90 Å². The van der Waals surface area contributed by atoms with Gasteiger partial charge in [-0.2, -0.15) is 0 Å². The minimum Gasteiger partial charge on any atom is -0.339 e. The number of nitrogens with zero attached hydrogens (tertiary/aromatic N) is 2. The van der Waals surface area contributed by atoms with Gasteiger partial charge in [-0.3, -0.25) is 4.79 Å². The van der Waals surface area contributed by atoms with Crippen molar-refractivity contribution in [3.8, 4) is 0 Å². The standard InChI is InChI=1S/C17H26N2O3S/c1-12-6-8-19(9-7-12)17(20)15-10-13(2)14(3)16(11-15)23(21,22)18(4)5/h10-12H,6-9H2,1-5H3. The van der Waals surface area contributed by atoms with Gasteiger partial charge in [0.1, 0.15) is 0 Å². The van der Waals surface area contributed by atoms with Gasteiger partial charge in [0.2, 0.25) is 10.0 Å². The number of likely N-dealkylation sites (tertiary alicyclic amines) is 1. The summed E-state index contributed by atoms with van der Waals surface area (Å²) >= 11 is 0. The minimum absolute atomic E-state index is 0.0739. The molecule has 23 heavy (non-hydrogen) atoms. The second-order valence-electron chi connectivity index (χ2n) is 6.68. The average molecular weight is 338 g/mol. The molecule has 1 fully saturated rings. The number of rotatable bonds is 3. The van der Waals surface area contributed by atoms with Gasteiger partial charge in [-0.1, -0.05) is 6.92 Å². The number of carbonyl (C=O) groups excluding carboxylic acids is 1. The largest absolute Gasteiger partial charge is 0.339 e. The van der Waals surface area contributed by atoms with Crippen molar-refractivity contribution in [1.29, 1.82) is 0 Å². The molecular formula is C17H26N2O3S. The molecule has 0 saturated carbocycles. The highest BCUT2D eigenvalue weighted by Gasteiger charge is 2.26. The Morgan fingerprint density at radius 1 is 1.17 bits per heavy atom. The average Bonchev–Trinajstić information content (AvgIpc) is 2.49. The van der Waals surface area contributed by atoms with Crippen molar-refractivity contribution in [2.24, 2.45) is 5.92 Å². The van der Waals surface area contributed by atoms with E-state index in [2.05, 4.69) is 6.92 Å². The molecule has 1 heterocycles. The van der Waals surface area contributed by atoms with Crippen molar-refractivity contribution < 1.29 is 13.2 Å². The maximum absolute atomic E-state index is 12.7. The van der Waals surface area contributed by atoms with Gasteiger partial charge in [-0.15, -0.1) is 0 Å². The minimum atomic E-state index is -3.56. The Labute approximate surface area is 139 Å². The van der Waals surface area contributed by atoms with Gasteiger partial charge in [-0.05, 0) is 55.9 Å². The van der Waals surface area contributed by atoms with E-state index in [4.69, 9.17) is 0 Å². The zero-order valence-electron chi connectivity index (χ0n) is 14.6. The molecule has 128 valence electrons. The zero-order valence-corrected chi connectivity index (χ0v) is 15.4. The predicted molar refractivity (Wildman–Crippen MR) is 91.1 cm³/mol. The zero-order chi connectivity index (χ0) is 17.4. The Kier molecular flexibility index (Phi) is 5.16. The van der Waals surface area contributed by atoms with E-state index in [1.54, 1.807) is 13.0 Å². The van der Waals surface area contributed by atoms with Gasteiger partial charge in [-0.25, -0.2) is 12.7 Å². The Hall–Kier alpha value is -1.40. The van der Waals surface area contributed by atoms with Crippen LogP contribution in [-0.2, 0) is 10.0 Å². The number of carbonyl (C=O) groups is 1. The van der Waals surface area contributed by atoms with Gasteiger partial charge >= 0.3 is 0 Å². The van der Waals surface area contributed by atoms with E-state index in [0.29, 0.717) is 17.0 Å². The molecule has 1 aromatic rings. The lowest BCUT2D eigenvalue weighted by Gasteiger charge is -2.30. The number of piperidine rings is 1. The van der Waals surface area contributed by atoms with Gasteiger partial charge in [0, 0.05) is 32.7 Å². The summed E-state index contributed by atoms with van der Waals surface area (Å²) in [5.41, 5.74) is 1.98. The molecule has 0 aromatic heterocycles. The maximum Gasteiger partial charge on any atom is 0.253 e. The van der Waals surface area contributed by atoms with E-state index in [1.807, 2.05) is 11.8 Å². The van der Waals surface area contributed by atoms with E-state index < -0.39 is 10.0 Å². The molecule has 0 spiro atoms. The molecule has 0 atom stereocenters. The monoisotopic (exact) mass is 338 g/mol. The van der Waals surface area contributed by atoms with E-state index in [-0.39, 0.29) is 10.8 Å². The van der Waals surface area contributed by atoms with Crippen LogP contribution in [0.2, 0.25) is 0 Å². The highest BCUT2D eigenvalue weighted by atomic mass is 32.2. The third kappa shape index (κ3) is 3.58. The van der Waals surface area contributed by atoms with Crippen LogP contribution in [-0.4, -0.2) is 50.7 Å². The van der Waals surface area contributed by atoms with E-state index >= 15 is 0 Å². The Morgan fingerprint density at radius 2 is 1.74 bits per heavy atom. The van der Waals surface area contributed by atoms with Crippen molar-refractivity contribution in [1.82, 2.24) is 9.21 Å². The predicted octanol–water partition coefficient (Wildman–Crippen LogP) is 2.43. The highest BCUT2D eigenvalue weighted by Crippen LogP contribution is 2.25. The lowest BCUT2D eigenvalue weighted by atomic mass is 9.98. The summed E-state index contributed by atoms with van der Waals surface area (Å²) in [5.74, 6) is 0.568. The third-order valence-corrected chi connectivity index (χ3v) is 6.64. The first-order valence-electron chi connectivity index (χ1n) is 7.97. The molecule has 0 radical (unpaired) electrons. The molecule has 1 aliphatic heterocycles. The number of aryl methyl sites for hydroxylation is 1. The molecule has 0 N–H and O–H groups in total. The number of hydrogen-bond acceptors (Lipinski definition) is 3. The third-order valence-electron chi connectivity index (χ3n) is 4.70. The number of benzene rings is 1. The number of sulfonamides is 1. The molecule has 6 heteroatoms. The molecular weight excluding hydrogens is 312 g/mol. The van der Waals surface area contributed by atoms with Crippen LogP contribution in [0, 0.1) is 19.8 Å². The summed E-state index contributed by atoms with van der Waals surface area (Å²) in [7, 11) is -0.554. The van der Waals surface area contributed by atoms with E-state index in [9.17, 15) is 13.2 Å². The van der Waals surface area contributed by atoms with Crippen molar-refractivity contribution in [2.75, 3.05) is 27.2 Å². The van der Waals surface area contributed by atoms with Crippen LogP contribution in [0.15, 0.2) is 17.0 Å². The second kappa shape index (κ2) is 6.61. The quantitative estimate of drug-likeness (QED) is 0.850. The van der Waals surface area contributed by atoms with Crippen LogP contribution in [0.4, 0.5) is 0 Å². The molecule has 0 bridgehead atoms. The summed E-state index contributed by atoms with van der Waals surface area (Å²) in [6, 6.07) is 3.32. The SMILES string of the molecule is Cc1cc(C(=O)N2CCC(C)CC2)cc(S(=O)(=O)N(C)C)c1C. The van der Waals surface area contributed by atoms with Crippen LogP contribution in [0.25, 0.3) is 0 Å². The van der Waals surface area contributed by atoms with Crippen molar-refractivity contribution in [3.05, 3.63) is 28.8 Å². The summed E-state index contributed by atoms with van der Waals surface area (Å²) in [5, 5.41) is 0. The molecule has 2 rings (SSSR count). The number of amides is 1. The lowest BCUT2D eigenvalue weighted by molar-refractivity contribution is 0.0697. The lowest BCUT2D eigenvalue weighted by Crippen LogP contribution is -2.38. The summed E-state index contributed by atoms with van der Waals surface area (Å²) < 4.78 is 26.2. The topological polar surface area (TPSA) is 57.7 Å². The summed E-state index contributed by atoms with van der Waals surface area (Å²) in [4.78, 5) is 14.8. The van der Waals surface area contributed by atoms with Crippen LogP contribution >= 0.6 is 0 Å². The molecule has 1 aromatic carbocycles. The van der Waals surface area contributed by atoms with E-state index in [1.165, 1.54) is 24.5 Å². The van der Waals surface area contributed by atoms with Gasteiger partial charge in [0.15, 0.2) is 0 Å². The first-order valence-corrected chi connectivity index (χ1v) is 9.41. The normalized spacial score (nSPS) is 16.9. The van der Waals surface area contributed by atoms with Crippen LogP contribution < -0.4 is 0 Å². The fraction of sp³-hybridized carbons (Fsp3) is 0.588. The molecule has 1 aliphatic rings. The molecule has 0 unspecified atom stereocenters. The summed E-state index contributed by atoms with van der Waals surface area (Å²) in [6.45, 7) is 7.30. The molecule has 5 nitrogen and oxygen atoms in total. The molecule has 1 saturated heterocycles. The van der Waals surface area contributed by atoms with Gasteiger partial charge < -0.3 is 4.90 Å². The Bertz CT molecular complexity index is 703. The Morgan fingerprint density at radius 3 is 2.26 bits per heavy atom. The summed E-state index contributed by atoms with van der Waals surface area (Å²) in [6.07, 6.45) is 2.00. The van der Waals surface area contributed by atoms with Crippen LogP contribution in [0.5, 0.6) is 0 Å². The molecule has 1 amide bonds. The van der Waals surface area contributed by atoms with Crippen LogP contribution in [0.1, 0.15) is 41.3 Å². The van der Waals surface area contributed by atoms with Crippen LogP contribution in [0.3, 0.4) is 0 Å². The first kappa shape index (κ1) is 17.9. The van der Waals surface area contributed by atoms with E-state index in [0.717, 1.165) is 31.5 Å². The van der Waals surface area contributed by atoms with Gasteiger partial charge in [0.25, 0.3) is 5.91 Å². The number of hydrogen-bond donors (Lipinski definition) is 0. The first-order chi connectivity index (χ1) is 10.6. The Balaban J connectivity index is 2.41. The fourth-order valence-corrected chi connectivity index (χ4v) is 4.03. The fourth-order valence-electron chi connectivity index (χ4n) is 2.81. The molecule has 0 aliphatic carbocycles. The smallest absolute Gasteiger partial charge is 0.253 e. The van der Waals surface area contributed by atoms with Crippen molar-refractivity contribution in [2.45, 2.75) is 38.5 Å². The second-order valence-corrected chi connectivity index (χ2v) is 8.80. The highest BCUT2D eigenvalue weighted by molar-refractivity contribution is 7.89.